The van der Waals surface area contributed by atoms with Gasteiger partial charge in [-0.05, 0) is 20.3 Å². The fourth-order valence-corrected chi connectivity index (χ4v) is 1.86. The van der Waals surface area contributed by atoms with Gasteiger partial charge in [-0.25, -0.2) is 27.9 Å². The van der Waals surface area contributed by atoms with Crippen molar-refractivity contribution >= 4 is 40.6 Å². The first-order valence-electron chi connectivity index (χ1n) is 5.92. The van der Waals surface area contributed by atoms with Crippen LogP contribution in [0, 0.1) is 0 Å². The van der Waals surface area contributed by atoms with E-state index < -0.39 is 23.4 Å². The number of hydrogen-bond acceptors (Lipinski definition) is 6. The summed E-state index contributed by atoms with van der Waals surface area (Å²) < 4.78 is 18.6. The molecule has 0 bridgehead atoms. The third kappa shape index (κ3) is 6.15. The normalized spacial score (nSPS) is 11.2. The molecule has 0 saturated carbocycles. The van der Waals surface area contributed by atoms with E-state index in [1.165, 1.54) is 14.0 Å². The first-order valence-corrected chi connectivity index (χ1v) is 7.39. The van der Waals surface area contributed by atoms with Gasteiger partial charge >= 0.3 is 12.2 Å². The molecule has 20 heavy (non-hydrogen) atoms. The predicted octanol–water partition coefficient (Wildman–Crippen LogP) is 1.35. The average Bonchev–Trinajstić information content (AvgIpc) is 2.41. The molecule has 0 radical (unpaired) electrons. The molecule has 8 nitrogen and oxygen atoms in total. The molecular formula is C10H19N3O5S2. The second kappa shape index (κ2) is 9.48. The highest BCUT2D eigenvalue weighted by atomic mass is 32.2. The molecule has 1 N–H and O–H groups in total. The number of carbonyl (C=O) groups excluding carboxylic acids is 2. The van der Waals surface area contributed by atoms with Gasteiger partial charge in [0.25, 0.3) is 0 Å². The van der Waals surface area contributed by atoms with E-state index in [9.17, 15) is 13.8 Å². The number of nitrogens with one attached hydrogen (secondary N) is 1. The van der Waals surface area contributed by atoms with Crippen molar-refractivity contribution in [1.82, 2.24) is 14.1 Å². The Morgan fingerprint density at radius 3 is 2.35 bits per heavy atom. The third-order valence-corrected chi connectivity index (χ3v) is 3.37. The maximum atomic E-state index is 12.1. The van der Waals surface area contributed by atoms with E-state index in [1.54, 1.807) is 6.92 Å². The van der Waals surface area contributed by atoms with Crippen molar-refractivity contribution in [3.05, 3.63) is 0 Å². The quantitative estimate of drug-likeness (QED) is 0.603. The summed E-state index contributed by atoms with van der Waals surface area (Å²) in [5.74, 6) is 0. The monoisotopic (exact) mass is 325 g/mol. The van der Waals surface area contributed by atoms with Crippen LogP contribution in [-0.4, -0.2) is 50.2 Å². The Hall–Kier alpha value is -1.42. The molecule has 0 saturated heterocycles. The Kier molecular flexibility index (Phi) is 8.81. The van der Waals surface area contributed by atoms with E-state index in [0.29, 0.717) is 6.42 Å². The van der Waals surface area contributed by atoms with Gasteiger partial charge in [0.15, 0.2) is 0 Å². The highest BCUT2D eigenvalue weighted by Crippen LogP contribution is 2.05. The van der Waals surface area contributed by atoms with E-state index in [0.717, 1.165) is 8.61 Å². The van der Waals surface area contributed by atoms with Crippen molar-refractivity contribution < 1.29 is 23.4 Å². The minimum absolute atomic E-state index is 0.117. The SMILES string of the molecule is CCCOC(=O)N(CC)S(=O)N(C)C(=O)ONC(C)=S. The van der Waals surface area contributed by atoms with Gasteiger partial charge in [-0.3, -0.25) is 0 Å². The summed E-state index contributed by atoms with van der Waals surface area (Å²) in [6, 6.07) is 0. The molecule has 0 aliphatic carbocycles. The fourth-order valence-electron chi connectivity index (χ4n) is 0.956. The smallest absolute Gasteiger partial charge is 0.447 e. The second-order valence-corrected chi connectivity index (χ2v) is 5.63. The van der Waals surface area contributed by atoms with Crippen LogP contribution in [0.3, 0.4) is 0 Å². The second-order valence-electron chi connectivity index (χ2n) is 3.56. The maximum absolute atomic E-state index is 12.1. The zero-order valence-corrected chi connectivity index (χ0v) is 13.5. The summed E-state index contributed by atoms with van der Waals surface area (Å²) in [7, 11) is 1.23. The number of nitrogens with zero attached hydrogens (tertiary/aromatic N) is 2. The highest BCUT2D eigenvalue weighted by molar-refractivity contribution is 7.81. The summed E-state index contributed by atoms with van der Waals surface area (Å²) in [6.45, 7) is 5.30. The van der Waals surface area contributed by atoms with E-state index in [2.05, 4.69) is 22.5 Å². The maximum Gasteiger partial charge on any atom is 0.447 e. The van der Waals surface area contributed by atoms with E-state index in [-0.39, 0.29) is 18.1 Å². The standard InChI is InChI=1S/C10H19N3O5S2/c1-5-7-17-10(15)13(6-2)20(16)12(4)9(14)18-11-8(3)19/h5-7H2,1-4H3,(H,11,19). The summed E-state index contributed by atoms with van der Waals surface area (Å²) in [4.78, 5) is 28.0. The number of ether oxygens (including phenoxy) is 1. The molecule has 0 heterocycles. The number of hydroxylamine groups is 1. The minimum atomic E-state index is -2.05. The topological polar surface area (TPSA) is 88.2 Å². The Balaban J connectivity index is 4.61. The first-order chi connectivity index (χ1) is 9.34. The molecule has 1 unspecified atom stereocenters. The van der Waals surface area contributed by atoms with Crippen molar-refractivity contribution in [3.63, 3.8) is 0 Å². The Morgan fingerprint density at radius 1 is 1.30 bits per heavy atom. The first kappa shape index (κ1) is 18.6. The lowest BCUT2D eigenvalue weighted by molar-refractivity contribution is 0.104. The molecule has 10 heteroatoms. The number of thiocarbonyl (C=S) groups is 1. The molecule has 0 aliphatic rings. The van der Waals surface area contributed by atoms with Gasteiger partial charge < -0.3 is 9.57 Å². The van der Waals surface area contributed by atoms with Gasteiger partial charge in [-0.2, -0.15) is 0 Å². The third-order valence-electron chi connectivity index (χ3n) is 1.88. The molecule has 0 aromatic carbocycles. The predicted molar refractivity (Wildman–Crippen MR) is 77.8 cm³/mol. The molecule has 0 rings (SSSR count). The zero-order chi connectivity index (χ0) is 15.7. The molecule has 0 aromatic heterocycles. The van der Waals surface area contributed by atoms with Crippen molar-refractivity contribution in [3.8, 4) is 0 Å². The van der Waals surface area contributed by atoms with Crippen molar-refractivity contribution in [1.29, 1.82) is 0 Å². The molecule has 0 aliphatic heterocycles. The van der Waals surface area contributed by atoms with Crippen LogP contribution in [-0.2, 0) is 20.7 Å². The number of rotatable bonds is 5. The summed E-state index contributed by atoms with van der Waals surface area (Å²) in [6.07, 6.45) is -1.05. The fraction of sp³-hybridized carbons (Fsp3) is 0.700. The number of amides is 2. The van der Waals surface area contributed by atoms with Gasteiger partial charge in [-0.1, -0.05) is 19.1 Å². The van der Waals surface area contributed by atoms with Crippen LogP contribution in [0.4, 0.5) is 9.59 Å². The van der Waals surface area contributed by atoms with Gasteiger partial charge in [0.05, 0.1) is 6.61 Å². The van der Waals surface area contributed by atoms with Crippen molar-refractivity contribution in [2.24, 2.45) is 0 Å². The van der Waals surface area contributed by atoms with Gasteiger partial charge in [0.2, 0.25) is 11.2 Å². The van der Waals surface area contributed by atoms with Gasteiger partial charge in [0, 0.05) is 13.6 Å². The van der Waals surface area contributed by atoms with E-state index in [1.807, 2.05) is 6.92 Å². The molecule has 0 spiro atoms. The van der Waals surface area contributed by atoms with Crippen LogP contribution in [0.15, 0.2) is 0 Å². The average molecular weight is 325 g/mol. The van der Waals surface area contributed by atoms with Crippen LogP contribution in [0.2, 0.25) is 0 Å². The zero-order valence-electron chi connectivity index (χ0n) is 11.9. The summed E-state index contributed by atoms with van der Waals surface area (Å²) in [5.41, 5.74) is 2.17. The highest BCUT2D eigenvalue weighted by Gasteiger charge is 2.27. The van der Waals surface area contributed by atoms with Crippen LogP contribution in [0.25, 0.3) is 0 Å². The lowest BCUT2D eigenvalue weighted by Crippen LogP contribution is -2.44. The van der Waals surface area contributed by atoms with Gasteiger partial charge in [-0.15, -0.1) is 0 Å². The largest absolute Gasteiger partial charge is 0.449 e. The van der Waals surface area contributed by atoms with Gasteiger partial charge in [0.1, 0.15) is 4.99 Å². The molecule has 2 amide bonds. The van der Waals surface area contributed by atoms with E-state index in [4.69, 9.17) is 4.74 Å². The van der Waals surface area contributed by atoms with Crippen LogP contribution < -0.4 is 5.48 Å². The molecule has 116 valence electrons. The summed E-state index contributed by atoms with van der Waals surface area (Å²) >= 11 is 2.62. The molecule has 0 fully saturated rings. The number of hydrogen-bond donors (Lipinski definition) is 1. The van der Waals surface area contributed by atoms with E-state index >= 15 is 0 Å². The lowest BCUT2D eigenvalue weighted by atomic mass is 10.5. The Morgan fingerprint density at radius 2 is 1.90 bits per heavy atom. The number of carbonyl (C=O) groups is 2. The molecule has 1 atom stereocenters. The molecular weight excluding hydrogens is 306 g/mol. The Labute approximate surface area is 126 Å². The van der Waals surface area contributed by atoms with Crippen molar-refractivity contribution in [2.45, 2.75) is 27.2 Å². The van der Waals surface area contributed by atoms with Crippen LogP contribution >= 0.6 is 12.2 Å². The lowest BCUT2D eigenvalue weighted by Gasteiger charge is -2.23. The van der Waals surface area contributed by atoms with Crippen LogP contribution in [0.5, 0.6) is 0 Å². The minimum Gasteiger partial charge on any atom is -0.449 e. The summed E-state index contributed by atoms with van der Waals surface area (Å²) in [5, 5.41) is 0. The Bertz CT molecular complexity index is 391. The molecule has 0 aromatic rings. The van der Waals surface area contributed by atoms with Crippen molar-refractivity contribution in [2.75, 3.05) is 20.2 Å². The van der Waals surface area contributed by atoms with Crippen LogP contribution in [0.1, 0.15) is 27.2 Å².